The minimum absolute atomic E-state index is 0.582. The van der Waals surface area contributed by atoms with Crippen molar-refractivity contribution in [3.63, 3.8) is 0 Å². The first-order chi connectivity index (χ1) is 27.2. The summed E-state index contributed by atoms with van der Waals surface area (Å²) in [4.78, 5) is 7.29. The maximum Gasteiger partial charge on any atom is 0.228 e. The number of anilines is 3. The van der Waals surface area contributed by atoms with Gasteiger partial charge in [0.15, 0.2) is 5.58 Å². The number of benzene rings is 10. The van der Waals surface area contributed by atoms with Crippen LogP contribution in [0.4, 0.5) is 17.1 Å². The molecule has 0 bridgehead atoms. The fourth-order valence-electron chi connectivity index (χ4n) is 8.62. The van der Waals surface area contributed by atoms with Gasteiger partial charge in [-0.05, 0) is 103 Å². The van der Waals surface area contributed by atoms with Gasteiger partial charge in [0, 0.05) is 44.9 Å². The molecular weight excluding hydrogens is 673 g/mol. The molecule has 0 radical (unpaired) electrons. The molecule has 0 spiro atoms. The number of aromatic nitrogens is 1. The fourth-order valence-corrected chi connectivity index (χ4v) is 8.62. The summed E-state index contributed by atoms with van der Waals surface area (Å²) < 4.78 is 13.2. The highest BCUT2D eigenvalue weighted by atomic mass is 16.3. The lowest BCUT2D eigenvalue weighted by Crippen LogP contribution is -2.09. The molecule has 0 fully saturated rings. The molecule has 0 aliphatic rings. The Labute approximate surface area is 315 Å². The Morgan fingerprint density at radius 3 is 1.78 bits per heavy atom. The highest BCUT2D eigenvalue weighted by Gasteiger charge is 2.21. The quantitative estimate of drug-likeness (QED) is 0.171. The second kappa shape index (κ2) is 11.5. The Kier molecular flexibility index (Phi) is 6.31. The number of fused-ring (bicyclic) bond motifs is 12. The topological polar surface area (TPSA) is 42.4 Å². The van der Waals surface area contributed by atoms with Gasteiger partial charge in [-0.2, -0.15) is 0 Å². The maximum atomic E-state index is 6.65. The van der Waals surface area contributed by atoms with E-state index >= 15 is 0 Å². The van der Waals surface area contributed by atoms with Crippen molar-refractivity contribution in [3.8, 4) is 11.5 Å². The fraction of sp³-hybridized carbons (Fsp3) is 0. The zero-order valence-corrected chi connectivity index (χ0v) is 29.5. The molecule has 256 valence electrons. The van der Waals surface area contributed by atoms with E-state index in [4.69, 9.17) is 13.8 Å². The van der Waals surface area contributed by atoms with Crippen LogP contribution in [0, 0.1) is 0 Å². The summed E-state index contributed by atoms with van der Waals surface area (Å²) in [5, 5.41) is 14.0. The van der Waals surface area contributed by atoms with E-state index in [1.54, 1.807) is 0 Å². The molecular formula is C51H30N2O2. The lowest BCUT2D eigenvalue weighted by Gasteiger charge is -2.26. The average Bonchev–Trinajstić information content (AvgIpc) is 3.85. The largest absolute Gasteiger partial charge is 0.456 e. The third-order valence-corrected chi connectivity index (χ3v) is 11.2. The molecule has 0 N–H and O–H groups in total. The number of furan rings is 1. The molecule has 0 aliphatic carbocycles. The lowest BCUT2D eigenvalue weighted by atomic mass is 9.96. The van der Waals surface area contributed by atoms with Gasteiger partial charge in [-0.25, -0.2) is 4.98 Å². The predicted octanol–water partition coefficient (Wildman–Crippen LogP) is 14.6. The molecule has 0 unspecified atom stereocenters. The van der Waals surface area contributed by atoms with Crippen LogP contribution in [-0.4, -0.2) is 4.98 Å². The molecule has 10 aromatic carbocycles. The summed E-state index contributed by atoms with van der Waals surface area (Å²) in [7, 11) is 0. The molecule has 12 aromatic rings. The van der Waals surface area contributed by atoms with Crippen molar-refractivity contribution in [3.05, 3.63) is 182 Å². The van der Waals surface area contributed by atoms with Gasteiger partial charge < -0.3 is 13.7 Å². The summed E-state index contributed by atoms with van der Waals surface area (Å²) in [5.74, 6) is 0.582. The van der Waals surface area contributed by atoms with Gasteiger partial charge >= 0.3 is 0 Å². The van der Waals surface area contributed by atoms with Gasteiger partial charge in [-0.1, -0.05) is 121 Å². The normalized spacial score (nSPS) is 12.0. The summed E-state index contributed by atoms with van der Waals surface area (Å²) in [6.45, 7) is 0. The summed E-state index contributed by atoms with van der Waals surface area (Å²) in [6, 6.07) is 64.6. The third-order valence-electron chi connectivity index (χ3n) is 11.2. The van der Waals surface area contributed by atoms with E-state index in [1.165, 1.54) is 43.1 Å². The van der Waals surface area contributed by atoms with E-state index < -0.39 is 0 Å². The first-order valence-corrected chi connectivity index (χ1v) is 18.6. The van der Waals surface area contributed by atoms with Gasteiger partial charge in [-0.15, -0.1) is 0 Å². The molecule has 0 amide bonds. The third kappa shape index (κ3) is 4.62. The van der Waals surface area contributed by atoms with Gasteiger partial charge in [-0.3, -0.25) is 0 Å². The van der Waals surface area contributed by atoms with Crippen LogP contribution < -0.4 is 4.90 Å². The predicted molar refractivity (Wildman–Crippen MR) is 229 cm³/mol. The second-order valence-electron chi connectivity index (χ2n) is 14.3. The molecule has 0 aliphatic heterocycles. The Bertz CT molecular complexity index is 3520. The van der Waals surface area contributed by atoms with Crippen molar-refractivity contribution in [2.75, 3.05) is 4.90 Å². The second-order valence-corrected chi connectivity index (χ2v) is 14.3. The smallest absolute Gasteiger partial charge is 0.228 e. The Hall–Kier alpha value is -7.43. The van der Waals surface area contributed by atoms with Crippen LogP contribution in [0.15, 0.2) is 191 Å². The Morgan fingerprint density at radius 2 is 0.945 bits per heavy atom. The molecule has 0 saturated heterocycles. The zero-order valence-electron chi connectivity index (χ0n) is 29.5. The summed E-state index contributed by atoms with van der Waals surface area (Å²) in [6.07, 6.45) is 0. The van der Waals surface area contributed by atoms with Crippen molar-refractivity contribution in [1.29, 1.82) is 0 Å². The van der Waals surface area contributed by atoms with Crippen LogP contribution in [-0.2, 0) is 0 Å². The first kappa shape index (κ1) is 30.1. The number of rotatable bonds is 4. The standard InChI is InChI=1S/C51H30N2O2/c1-2-11-34-28-36(20-16-31(34)8-1)53(37-21-25-40-35(29-37)18-24-42-39-12-5-3-9-32(39)17-23-43(40)42)38-22-26-44-48(30-38)54-47-15-7-14-45(49(44)47)51-52-46-27-19-33-10-4-6-13-41(33)50(46)55-51/h1-30H. The highest BCUT2D eigenvalue weighted by molar-refractivity contribution is 6.18. The Morgan fingerprint density at radius 1 is 0.364 bits per heavy atom. The van der Waals surface area contributed by atoms with Crippen LogP contribution >= 0.6 is 0 Å². The average molecular weight is 703 g/mol. The van der Waals surface area contributed by atoms with Crippen molar-refractivity contribution in [1.82, 2.24) is 4.98 Å². The van der Waals surface area contributed by atoms with E-state index in [0.29, 0.717) is 5.89 Å². The SMILES string of the molecule is c1ccc2cc(N(c3ccc4c(ccc5c6ccccc6ccc45)c3)c3ccc4c(c3)oc3cccc(-c5nc6ccc7ccccc7c6o5)c34)ccc2c1. The number of nitrogens with zero attached hydrogens (tertiary/aromatic N) is 2. The van der Waals surface area contributed by atoms with Crippen LogP contribution in [0.3, 0.4) is 0 Å². The summed E-state index contributed by atoms with van der Waals surface area (Å²) in [5.41, 5.74) is 7.27. The van der Waals surface area contributed by atoms with E-state index in [0.717, 1.165) is 66.4 Å². The molecule has 0 atom stereocenters. The van der Waals surface area contributed by atoms with Crippen molar-refractivity contribution >= 4 is 104 Å². The molecule has 4 nitrogen and oxygen atoms in total. The molecule has 2 aromatic heterocycles. The van der Waals surface area contributed by atoms with Crippen LogP contribution in [0.2, 0.25) is 0 Å². The zero-order chi connectivity index (χ0) is 36.0. The van der Waals surface area contributed by atoms with Crippen LogP contribution in [0.5, 0.6) is 0 Å². The van der Waals surface area contributed by atoms with Gasteiger partial charge in [0.25, 0.3) is 0 Å². The van der Waals surface area contributed by atoms with Crippen molar-refractivity contribution < 1.29 is 8.83 Å². The minimum Gasteiger partial charge on any atom is -0.456 e. The molecule has 0 saturated carbocycles. The van der Waals surface area contributed by atoms with E-state index in [1.807, 2.05) is 30.3 Å². The van der Waals surface area contributed by atoms with Gasteiger partial charge in [0.1, 0.15) is 16.7 Å². The van der Waals surface area contributed by atoms with Gasteiger partial charge in [0.2, 0.25) is 5.89 Å². The van der Waals surface area contributed by atoms with Crippen molar-refractivity contribution in [2.45, 2.75) is 0 Å². The van der Waals surface area contributed by atoms with Crippen LogP contribution in [0.1, 0.15) is 0 Å². The van der Waals surface area contributed by atoms with Crippen LogP contribution in [0.25, 0.3) is 98.4 Å². The van der Waals surface area contributed by atoms with E-state index in [2.05, 4.69) is 157 Å². The summed E-state index contributed by atoms with van der Waals surface area (Å²) >= 11 is 0. The highest BCUT2D eigenvalue weighted by Crippen LogP contribution is 2.43. The lowest BCUT2D eigenvalue weighted by molar-refractivity contribution is 0.623. The molecule has 55 heavy (non-hydrogen) atoms. The minimum atomic E-state index is 0.582. The Balaban J connectivity index is 1.03. The van der Waals surface area contributed by atoms with E-state index in [-0.39, 0.29) is 0 Å². The molecule has 12 rings (SSSR count). The van der Waals surface area contributed by atoms with Crippen molar-refractivity contribution in [2.24, 2.45) is 0 Å². The maximum absolute atomic E-state index is 6.65. The monoisotopic (exact) mass is 702 g/mol. The first-order valence-electron chi connectivity index (χ1n) is 18.6. The molecule has 4 heteroatoms. The van der Waals surface area contributed by atoms with Gasteiger partial charge in [0.05, 0.1) is 0 Å². The molecule has 2 heterocycles. The number of oxazole rings is 1. The van der Waals surface area contributed by atoms with E-state index in [9.17, 15) is 0 Å². The number of hydrogen-bond donors (Lipinski definition) is 0. The number of hydrogen-bond acceptors (Lipinski definition) is 4.